The monoisotopic (exact) mass is 597 g/mol. The van der Waals surface area contributed by atoms with E-state index in [4.69, 9.17) is 4.74 Å². The van der Waals surface area contributed by atoms with E-state index in [9.17, 15) is 31.2 Å². The number of piperidine rings is 1. The van der Waals surface area contributed by atoms with Crippen LogP contribution in [0.25, 0.3) is 17.1 Å². The van der Waals surface area contributed by atoms with Gasteiger partial charge in [0.25, 0.3) is 0 Å². The highest BCUT2D eigenvalue weighted by molar-refractivity contribution is 7.88. The zero-order valence-corrected chi connectivity index (χ0v) is 23.1. The molecule has 0 unspecified atom stereocenters. The van der Waals surface area contributed by atoms with Gasteiger partial charge in [0.1, 0.15) is 42.1 Å². The van der Waals surface area contributed by atoms with Crippen LogP contribution in [0.15, 0.2) is 30.9 Å². The van der Waals surface area contributed by atoms with Crippen molar-refractivity contribution in [1.29, 1.82) is 5.26 Å². The first-order valence-electron chi connectivity index (χ1n) is 12.3. The van der Waals surface area contributed by atoms with Gasteiger partial charge in [-0.2, -0.15) is 22.7 Å². The van der Waals surface area contributed by atoms with E-state index in [-0.39, 0.29) is 41.9 Å². The largest absolute Gasteiger partial charge is 0.476 e. The number of nitriles is 1. The molecule has 0 saturated carbocycles. The first kappa shape index (κ1) is 30.1. The van der Waals surface area contributed by atoms with Crippen LogP contribution < -0.4 is 10.1 Å². The summed E-state index contributed by atoms with van der Waals surface area (Å²) in [5.74, 6) is -0.0616. The van der Waals surface area contributed by atoms with E-state index in [0.29, 0.717) is 19.3 Å². The molecule has 1 aliphatic heterocycles. The fourth-order valence-corrected chi connectivity index (χ4v) is 4.93. The lowest BCUT2D eigenvalue weighted by molar-refractivity contribution is -0.137. The molecule has 1 saturated heterocycles. The number of nitrogens with one attached hydrogen (secondary N) is 1. The van der Waals surface area contributed by atoms with Gasteiger partial charge in [-0.05, 0) is 26.6 Å². The fourth-order valence-electron chi connectivity index (χ4n) is 4.08. The smallest absolute Gasteiger partial charge is 0.420 e. The second kappa shape index (κ2) is 11.9. The van der Waals surface area contributed by atoms with Gasteiger partial charge in [0, 0.05) is 38.1 Å². The lowest BCUT2D eigenvalue weighted by Crippen LogP contribution is -2.49. The van der Waals surface area contributed by atoms with Gasteiger partial charge in [0.05, 0.1) is 18.0 Å². The zero-order valence-electron chi connectivity index (χ0n) is 22.3. The van der Waals surface area contributed by atoms with Crippen LogP contribution in [-0.4, -0.2) is 101 Å². The lowest BCUT2D eigenvalue weighted by atomic mass is 10.1. The van der Waals surface area contributed by atoms with Crippen LogP contribution >= 0.6 is 0 Å². The molecule has 3 aromatic rings. The van der Waals surface area contributed by atoms with Crippen LogP contribution in [0, 0.1) is 11.3 Å². The normalized spacial score (nSPS) is 18.3. The number of imidazole rings is 1. The Morgan fingerprint density at radius 3 is 2.63 bits per heavy atom. The number of rotatable bonds is 9. The van der Waals surface area contributed by atoms with Crippen molar-refractivity contribution in [2.75, 3.05) is 51.9 Å². The lowest BCUT2D eigenvalue weighted by Gasteiger charge is -2.33. The predicted octanol–water partition coefficient (Wildman–Crippen LogP) is 2.34. The Hall–Kier alpha value is -3.88. The summed E-state index contributed by atoms with van der Waals surface area (Å²) in [7, 11) is 0.160. The van der Waals surface area contributed by atoms with Crippen LogP contribution in [-0.2, 0) is 16.2 Å². The molecule has 1 fully saturated rings. The molecule has 1 N–H and O–H groups in total. The topological polar surface area (TPSA) is 142 Å². The third-order valence-corrected chi connectivity index (χ3v) is 7.50. The summed E-state index contributed by atoms with van der Waals surface area (Å²) in [5.41, 5.74) is -1.69. The number of halogens is 4. The number of ether oxygens (including phenoxy) is 1. The summed E-state index contributed by atoms with van der Waals surface area (Å²) in [5, 5.41) is 12.3. The molecule has 0 amide bonds. The Bertz CT molecular complexity index is 1540. The average Bonchev–Trinajstić information content (AvgIpc) is 3.38. The molecule has 0 spiro atoms. The number of hydrogen-bond donors (Lipinski definition) is 1. The Balaban J connectivity index is 1.61. The highest BCUT2D eigenvalue weighted by Crippen LogP contribution is 2.36. The number of aromatic nitrogens is 5. The van der Waals surface area contributed by atoms with Crippen molar-refractivity contribution >= 4 is 16.0 Å². The molecule has 41 heavy (non-hydrogen) atoms. The van der Waals surface area contributed by atoms with Crippen molar-refractivity contribution in [1.82, 2.24) is 33.7 Å². The summed E-state index contributed by atoms with van der Waals surface area (Å²) in [6, 6.07) is 4.09. The number of hydrogen-bond acceptors (Lipinski definition) is 10. The van der Waals surface area contributed by atoms with Gasteiger partial charge in [-0.25, -0.2) is 32.7 Å². The molecule has 220 valence electrons. The molecule has 1 aliphatic rings. The molecular formula is C24H27F4N9O3S. The molecule has 2 atom stereocenters. The van der Waals surface area contributed by atoms with Gasteiger partial charge in [0.2, 0.25) is 21.9 Å². The number of alkyl halides is 4. The van der Waals surface area contributed by atoms with Crippen molar-refractivity contribution in [3.8, 4) is 29.0 Å². The number of likely N-dealkylation sites (N-methyl/N-ethyl adjacent to an activating group) is 1. The van der Waals surface area contributed by atoms with Gasteiger partial charge in [-0.1, -0.05) is 0 Å². The molecule has 0 aromatic carbocycles. The van der Waals surface area contributed by atoms with E-state index >= 15 is 0 Å². The standard InChI is InChI=1S/C24H27F4N9O3S/c1-35(2)8-9-40-21-5-4-20(18(10-29)32-21)36-13-19(31-14-36)22-15(24(26,27)28)11-30-23(34-22)33-17-6-7-37(12-16(17)25)41(3,38)39/h4-5,11,13-14,16-17H,6-9,12H2,1-3H3,(H,30,33,34)/t16-,17+/m1/s1. The molecule has 4 heterocycles. The van der Waals surface area contributed by atoms with Crippen molar-refractivity contribution in [3.63, 3.8) is 0 Å². The molecule has 3 aromatic heterocycles. The van der Waals surface area contributed by atoms with E-state index in [0.717, 1.165) is 10.6 Å². The van der Waals surface area contributed by atoms with E-state index in [1.165, 1.54) is 29.2 Å². The second-order valence-electron chi connectivity index (χ2n) is 9.58. The maximum absolute atomic E-state index is 14.7. The second-order valence-corrected chi connectivity index (χ2v) is 11.6. The molecule has 17 heteroatoms. The van der Waals surface area contributed by atoms with Crippen molar-refractivity contribution in [2.24, 2.45) is 0 Å². The number of sulfonamides is 1. The first-order chi connectivity index (χ1) is 19.3. The van der Waals surface area contributed by atoms with Crippen LogP contribution in [0.1, 0.15) is 17.7 Å². The van der Waals surface area contributed by atoms with Crippen molar-refractivity contribution in [2.45, 2.75) is 24.8 Å². The van der Waals surface area contributed by atoms with Gasteiger partial charge in [-0.15, -0.1) is 0 Å². The minimum atomic E-state index is -4.83. The van der Waals surface area contributed by atoms with Crippen LogP contribution in [0.3, 0.4) is 0 Å². The highest BCUT2D eigenvalue weighted by atomic mass is 32.2. The third kappa shape index (κ3) is 7.26. The number of nitrogens with zero attached hydrogens (tertiary/aromatic N) is 8. The Morgan fingerprint density at radius 1 is 1.24 bits per heavy atom. The molecular weight excluding hydrogens is 570 g/mol. The zero-order chi connectivity index (χ0) is 29.9. The summed E-state index contributed by atoms with van der Waals surface area (Å²) < 4.78 is 87.6. The quantitative estimate of drug-likeness (QED) is 0.365. The molecule has 12 nitrogen and oxygen atoms in total. The van der Waals surface area contributed by atoms with Gasteiger partial charge in [0.15, 0.2) is 5.69 Å². The summed E-state index contributed by atoms with van der Waals surface area (Å²) >= 11 is 0. The highest BCUT2D eigenvalue weighted by Gasteiger charge is 2.37. The minimum Gasteiger partial charge on any atom is -0.476 e. The number of pyridine rings is 1. The maximum atomic E-state index is 14.7. The fraction of sp³-hybridized carbons (Fsp3) is 0.458. The summed E-state index contributed by atoms with van der Waals surface area (Å²) in [6.07, 6.45) is -2.39. The van der Waals surface area contributed by atoms with Gasteiger partial charge in [-0.3, -0.25) is 0 Å². The van der Waals surface area contributed by atoms with E-state index < -0.39 is 46.2 Å². The van der Waals surface area contributed by atoms with Crippen LogP contribution in [0.2, 0.25) is 0 Å². The van der Waals surface area contributed by atoms with E-state index in [2.05, 4.69) is 25.3 Å². The van der Waals surface area contributed by atoms with Crippen molar-refractivity contribution in [3.05, 3.63) is 42.1 Å². The van der Waals surface area contributed by atoms with Crippen LogP contribution in [0.4, 0.5) is 23.5 Å². The molecule has 0 aliphatic carbocycles. The molecule has 4 rings (SSSR count). The summed E-state index contributed by atoms with van der Waals surface area (Å²) in [6.45, 7) is 0.593. The number of anilines is 1. The third-order valence-electron chi connectivity index (χ3n) is 6.23. The Labute approximate surface area is 233 Å². The molecule has 0 bridgehead atoms. The SMILES string of the molecule is CN(C)CCOc1ccc(-n2cnc(-c3nc(N[C@H]4CCN(S(C)(=O)=O)C[C@H]4F)ncc3C(F)(F)F)c2)c(C#N)n1. The van der Waals surface area contributed by atoms with Crippen molar-refractivity contribution < 1.29 is 30.7 Å². The first-order valence-corrected chi connectivity index (χ1v) is 14.1. The summed E-state index contributed by atoms with van der Waals surface area (Å²) in [4.78, 5) is 17.9. The minimum absolute atomic E-state index is 0.0313. The van der Waals surface area contributed by atoms with Gasteiger partial charge < -0.3 is 19.5 Å². The predicted molar refractivity (Wildman–Crippen MR) is 139 cm³/mol. The Kier molecular flexibility index (Phi) is 8.75. The average molecular weight is 598 g/mol. The van der Waals surface area contributed by atoms with Crippen LogP contribution in [0.5, 0.6) is 5.88 Å². The van der Waals surface area contributed by atoms with Gasteiger partial charge >= 0.3 is 6.18 Å². The molecule has 0 radical (unpaired) electrons. The van der Waals surface area contributed by atoms with E-state index in [1.54, 1.807) is 0 Å². The Morgan fingerprint density at radius 2 is 2.00 bits per heavy atom. The van der Waals surface area contributed by atoms with E-state index in [1.807, 2.05) is 25.1 Å². The maximum Gasteiger partial charge on any atom is 0.420 e.